The first-order valence-electron chi connectivity index (χ1n) is 4.91. The zero-order valence-electron chi connectivity index (χ0n) is 8.74. The molecule has 1 N–H and O–H groups in total. The summed E-state index contributed by atoms with van der Waals surface area (Å²) < 4.78 is 0.918. The van der Waals surface area contributed by atoms with Gasteiger partial charge in [0, 0.05) is 15.2 Å². The lowest BCUT2D eigenvalue weighted by molar-refractivity contribution is 1.45. The molecule has 0 saturated heterocycles. The minimum atomic E-state index is 0.591. The molecule has 84 valence electrons. The molecule has 0 spiro atoms. The molecule has 0 aliphatic carbocycles. The number of nitrogens with zero attached hydrogens (tertiary/aromatic N) is 1. The van der Waals surface area contributed by atoms with Gasteiger partial charge in [-0.3, -0.25) is 0 Å². The van der Waals surface area contributed by atoms with Gasteiger partial charge in [-0.1, -0.05) is 33.6 Å². The van der Waals surface area contributed by atoms with Crippen LogP contribution >= 0.6 is 27.5 Å². The second kappa shape index (κ2) is 5.22. The molecule has 0 bridgehead atoms. The molecule has 0 unspecified atom stereocenters. The van der Waals surface area contributed by atoms with Crippen LogP contribution < -0.4 is 5.32 Å². The quantitative estimate of drug-likeness (QED) is 0.871. The van der Waals surface area contributed by atoms with E-state index in [-0.39, 0.29) is 0 Å². The van der Waals surface area contributed by atoms with E-state index in [1.807, 2.05) is 30.3 Å². The van der Waals surface area contributed by atoms with Crippen molar-refractivity contribution in [3.05, 3.63) is 57.5 Å². The summed E-state index contributed by atoms with van der Waals surface area (Å²) in [6, 6.07) is 15.0. The van der Waals surface area contributed by atoms with Crippen LogP contribution in [-0.2, 0) is 0 Å². The zero-order valence-corrected chi connectivity index (χ0v) is 11.1. The molecule has 0 aliphatic heterocycles. The lowest BCUT2D eigenvalue weighted by Gasteiger charge is -2.08. The van der Waals surface area contributed by atoms with Crippen LogP contribution in [0.1, 0.15) is 5.56 Å². The molecule has 0 saturated carbocycles. The van der Waals surface area contributed by atoms with Crippen molar-refractivity contribution in [2.24, 2.45) is 0 Å². The van der Waals surface area contributed by atoms with Crippen molar-refractivity contribution >= 4 is 38.9 Å². The summed E-state index contributed by atoms with van der Waals surface area (Å²) in [4.78, 5) is 0. The highest BCUT2D eigenvalue weighted by Crippen LogP contribution is 2.25. The lowest BCUT2D eigenvalue weighted by atomic mass is 10.2. The third-order valence-electron chi connectivity index (χ3n) is 2.21. The van der Waals surface area contributed by atoms with Crippen molar-refractivity contribution in [2.45, 2.75) is 0 Å². The van der Waals surface area contributed by atoms with E-state index in [0.717, 1.165) is 15.8 Å². The molecule has 2 aromatic rings. The topological polar surface area (TPSA) is 35.8 Å². The molecule has 0 fully saturated rings. The van der Waals surface area contributed by atoms with Gasteiger partial charge in [0.15, 0.2) is 0 Å². The summed E-state index contributed by atoms with van der Waals surface area (Å²) in [7, 11) is 0. The highest BCUT2D eigenvalue weighted by Gasteiger charge is 2.03. The maximum absolute atomic E-state index is 9.01. The van der Waals surface area contributed by atoms with Crippen LogP contribution in [-0.4, -0.2) is 0 Å². The Morgan fingerprint density at radius 1 is 1.18 bits per heavy atom. The fraction of sp³-hybridized carbons (Fsp3) is 0. The molecule has 0 amide bonds. The molecule has 2 aromatic carbocycles. The first-order valence-corrected chi connectivity index (χ1v) is 6.08. The number of benzene rings is 2. The number of halogens is 2. The van der Waals surface area contributed by atoms with Crippen LogP contribution in [0.25, 0.3) is 0 Å². The summed E-state index contributed by atoms with van der Waals surface area (Å²) in [5.74, 6) is 0. The minimum absolute atomic E-state index is 0.591. The van der Waals surface area contributed by atoms with Gasteiger partial charge in [-0.25, -0.2) is 0 Å². The molecule has 17 heavy (non-hydrogen) atoms. The van der Waals surface area contributed by atoms with Gasteiger partial charge in [0.05, 0.1) is 11.3 Å². The van der Waals surface area contributed by atoms with Gasteiger partial charge < -0.3 is 5.32 Å². The molecule has 0 radical (unpaired) electrons. The first kappa shape index (κ1) is 12.0. The van der Waals surface area contributed by atoms with E-state index >= 15 is 0 Å². The summed E-state index contributed by atoms with van der Waals surface area (Å²) in [5.41, 5.74) is 2.20. The third kappa shape index (κ3) is 3.00. The molecule has 2 nitrogen and oxygen atoms in total. The van der Waals surface area contributed by atoms with Crippen molar-refractivity contribution in [3.8, 4) is 6.07 Å². The van der Waals surface area contributed by atoms with Crippen molar-refractivity contribution < 1.29 is 0 Å². The third-order valence-corrected chi connectivity index (χ3v) is 2.93. The Bertz CT molecular complexity index is 590. The standard InChI is InChI=1S/C13H8BrClN2/c14-10-5-4-9(8-16)13(6-10)17-12-3-1-2-11(15)7-12/h1-7,17H. The van der Waals surface area contributed by atoms with E-state index in [1.165, 1.54) is 0 Å². The fourth-order valence-corrected chi connectivity index (χ4v) is 1.99. The van der Waals surface area contributed by atoms with Crippen LogP contribution in [0.5, 0.6) is 0 Å². The Balaban J connectivity index is 2.36. The Morgan fingerprint density at radius 2 is 2.00 bits per heavy atom. The van der Waals surface area contributed by atoms with Crippen molar-refractivity contribution in [3.63, 3.8) is 0 Å². The SMILES string of the molecule is N#Cc1ccc(Br)cc1Nc1cccc(Cl)c1. The van der Waals surface area contributed by atoms with Crippen molar-refractivity contribution in [2.75, 3.05) is 5.32 Å². The molecular formula is C13H8BrClN2. The second-order valence-corrected chi connectivity index (χ2v) is 4.79. The average molecular weight is 308 g/mol. The van der Waals surface area contributed by atoms with E-state index in [0.29, 0.717) is 10.6 Å². The Kier molecular flexibility index (Phi) is 3.68. The number of anilines is 2. The molecule has 2 rings (SSSR count). The maximum Gasteiger partial charge on any atom is 0.101 e. The fourth-order valence-electron chi connectivity index (χ4n) is 1.44. The number of rotatable bonds is 2. The van der Waals surface area contributed by atoms with Crippen LogP contribution in [0.15, 0.2) is 46.9 Å². The minimum Gasteiger partial charge on any atom is -0.354 e. The van der Waals surface area contributed by atoms with Crippen LogP contribution in [0.4, 0.5) is 11.4 Å². The lowest BCUT2D eigenvalue weighted by Crippen LogP contribution is -1.93. The van der Waals surface area contributed by atoms with E-state index in [9.17, 15) is 0 Å². The predicted octanol–water partition coefficient (Wildman–Crippen LogP) is 4.72. The normalized spacial score (nSPS) is 9.71. The average Bonchev–Trinajstić information content (AvgIpc) is 2.29. The van der Waals surface area contributed by atoms with Gasteiger partial charge in [0.25, 0.3) is 0 Å². The summed E-state index contributed by atoms with van der Waals surface area (Å²) >= 11 is 9.28. The molecule has 0 atom stereocenters. The molecular weight excluding hydrogens is 300 g/mol. The maximum atomic E-state index is 9.01. The monoisotopic (exact) mass is 306 g/mol. The number of hydrogen-bond acceptors (Lipinski definition) is 2. The smallest absolute Gasteiger partial charge is 0.101 e. The Labute approximate surface area is 113 Å². The van der Waals surface area contributed by atoms with Gasteiger partial charge in [0.2, 0.25) is 0 Å². The van der Waals surface area contributed by atoms with Gasteiger partial charge in [-0.05, 0) is 36.4 Å². The largest absolute Gasteiger partial charge is 0.354 e. The molecule has 4 heteroatoms. The van der Waals surface area contributed by atoms with Gasteiger partial charge >= 0.3 is 0 Å². The number of nitrogens with one attached hydrogen (secondary N) is 1. The van der Waals surface area contributed by atoms with Crippen molar-refractivity contribution in [1.82, 2.24) is 0 Å². The van der Waals surface area contributed by atoms with Crippen molar-refractivity contribution in [1.29, 1.82) is 5.26 Å². The van der Waals surface area contributed by atoms with Gasteiger partial charge in [0.1, 0.15) is 6.07 Å². The van der Waals surface area contributed by atoms with Gasteiger partial charge in [-0.15, -0.1) is 0 Å². The second-order valence-electron chi connectivity index (χ2n) is 3.44. The predicted molar refractivity (Wildman–Crippen MR) is 73.6 cm³/mol. The number of hydrogen-bond donors (Lipinski definition) is 1. The Morgan fingerprint density at radius 3 is 2.71 bits per heavy atom. The summed E-state index contributed by atoms with van der Waals surface area (Å²) in [6.07, 6.45) is 0. The highest BCUT2D eigenvalue weighted by molar-refractivity contribution is 9.10. The van der Waals surface area contributed by atoms with Crippen LogP contribution in [0.3, 0.4) is 0 Å². The van der Waals surface area contributed by atoms with E-state index in [4.69, 9.17) is 16.9 Å². The first-order chi connectivity index (χ1) is 8.19. The van der Waals surface area contributed by atoms with Crippen LogP contribution in [0.2, 0.25) is 5.02 Å². The van der Waals surface area contributed by atoms with E-state index in [2.05, 4.69) is 27.3 Å². The van der Waals surface area contributed by atoms with Gasteiger partial charge in [-0.2, -0.15) is 5.26 Å². The van der Waals surface area contributed by atoms with E-state index < -0.39 is 0 Å². The number of nitriles is 1. The molecule has 0 aromatic heterocycles. The highest BCUT2D eigenvalue weighted by atomic mass is 79.9. The zero-order chi connectivity index (χ0) is 12.3. The Hall–Kier alpha value is -1.50. The van der Waals surface area contributed by atoms with E-state index in [1.54, 1.807) is 12.1 Å². The van der Waals surface area contributed by atoms with Crippen LogP contribution in [0, 0.1) is 11.3 Å². The molecule has 0 aliphatic rings. The summed E-state index contributed by atoms with van der Waals surface area (Å²) in [5, 5.41) is 12.8. The molecule has 0 heterocycles. The summed E-state index contributed by atoms with van der Waals surface area (Å²) in [6.45, 7) is 0.